The zero-order valence-corrected chi connectivity index (χ0v) is 13.2. The Labute approximate surface area is 138 Å². The summed E-state index contributed by atoms with van der Waals surface area (Å²) >= 11 is 1.70. The van der Waals surface area contributed by atoms with Crippen molar-refractivity contribution in [3.8, 4) is 0 Å². The Morgan fingerprint density at radius 2 is 1.74 bits per heavy atom. The van der Waals surface area contributed by atoms with Gasteiger partial charge in [-0.3, -0.25) is 5.01 Å². The summed E-state index contributed by atoms with van der Waals surface area (Å²) in [5.74, 6) is -0.230. The number of halogens is 1. The highest BCUT2D eigenvalue weighted by atomic mass is 32.1. The summed E-state index contributed by atoms with van der Waals surface area (Å²) in [4.78, 5) is 1.19. The van der Waals surface area contributed by atoms with Crippen molar-refractivity contribution < 1.29 is 4.39 Å². The first kappa shape index (κ1) is 14.2. The number of thiophene rings is 1. The quantitative estimate of drug-likeness (QED) is 0.643. The molecule has 114 valence electrons. The number of hydrogen-bond donors (Lipinski definition) is 0. The fraction of sp³-hybridized carbons (Fsp3) is 0.105. The largest absolute Gasteiger partial charge is 0.257 e. The topological polar surface area (TPSA) is 15.6 Å². The maximum atomic E-state index is 13.2. The van der Waals surface area contributed by atoms with Crippen LogP contribution in [0.5, 0.6) is 0 Å². The maximum absolute atomic E-state index is 13.2. The third kappa shape index (κ3) is 2.78. The van der Waals surface area contributed by atoms with Crippen LogP contribution in [0, 0.1) is 5.82 Å². The lowest BCUT2D eigenvalue weighted by molar-refractivity contribution is 0.626. The molecule has 1 aliphatic rings. The molecule has 0 unspecified atom stereocenters. The van der Waals surface area contributed by atoms with E-state index in [1.165, 1.54) is 22.6 Å². The Morgan fingerprint density at radius 3 is 2.43 bits per heavy atom. The molecule has 1 aliphatic heterocycles. The predicted molar refractivity (Wildman–Crippen MR) is 93.5 cm³/mol. The molecule has 2 nitrogen and oxygen atoms in total. The monoisotopic (exact) mass is 322 g/mol. The van der Waals surface area contributed by atoms with E-state index in [0.717, 1.165) is 17.8 Å². The van der Waals surface area contributed by atoms with Crippen molar-refractivity contribution in [3.63, 3.8) is 0 Å². The summed E-state index contributed by atoms with van der Waals surface area (Å²) in [6, 6.07) is 21.1. The van der Waals surface area contributed by atoms with Gasteiger partial charge in [-0.15, -0.1) is 11.3 Å². The van der Waals surface area contributed by atoms with Crippen LogP contribution in [-0.2, 0) is 0 Å². The van der Waals surface area contributed by atoms with Gasteiger partial charge in [0, 0.05) is 6.42 Å². The van der Waals surface area contributed by atoms with Crippen molar-refractivity contribution >= 4 is 22.7 Å². The Hall–Kier alpha value is -2.46. The number of benzene rings is 2. The van der Waals surface area contributed by atoms with E-state index in [2.05, 4.69) is 23.6 Å². The molecular weight excluding hydrogens is 307 g/mol. The average molecular weight is 322 g/mol. The van der Waals surface area contributed by atoms with Gasteiger partial charge < -0.3 is 0 Å². The Balaban J connectivity index is 1.75. The Kier molecular flexibility index (Phi) is 3.67. The predicted octanol–water partition coefficient (Wildman–Crippen LogP) is 5.24. The molecule has 0 spiro atoms. The molecular formula is C19H15FN2S. The zero-order chi connectivity index (χ0) is 15.6. The molecule has 2 heterocycles. The maximum Gasteiger partial charge on any atom is 0.123 e. The second kappa shape index (κ2) is 5.97. The summed E-state index contributed by atoms with van der Waals surface area (Å²) in [6.45, 7) is 0. The smallest absolute Gasteiger partial charge is 0.123 e. The van der Waals surface area contributed by atoms with Gasteiger partial charge in [-0.05, 0) is 41.3 Å². The molecule has 0 bridgehead atoms. The summed E-state index contributed by atoms with van der Waals surface area (Å²) in [6.07, 6.45) is 0.849. The minimum Gasteiger partial charge on any atom is -0.257 e. The third-order valence-electron chi connectivity index (χ3n) is 3.99. The fourth-order valence-corrected chi connectivity index (χ4v) is 3.59. The van der Waals surface area contributed by atoms with Crippen LogP contribution < -0.4 is 5.01 Å². The van der Waals surface area contributed by atoms with Crippen molar-refractivity contribution in [2.75, 3.05) is 5.01 Å². The van der Waals surface area contributed by atoms with Crippen molar-refractivity contribution in [1.29, 1.82) is 0 Å². The highest BCUT2D eigenvalue weighted by molar-refractivity contribution is 7.12. The minimum atomic E-state index is -0.230. The number of nitrogens with zero attached hydrogens (tertiary/aromatic N) is 2. The average Bonchev–Trinajstić information content (AvgIpc) is 3.26. The van der Waals surface area contributed by atoms with Gasteiger partial charge in [0.25, 0.3) is 0 Å². The molecule has 4 rings (SSSR count). The van der Waals surface area contributed by atoms with Gasteiger partial charge in [0.1, 0.15) is 5.82 Å². The summed E-state index contributed by atoms with van der Waals surface area (Å²) in [5, 5.41) is 8.90. The first-order valence-electron chi connectivity index (χ1n) is 7.52. The van der Waals surface area contributed by atoms with Crippen LogP contribution in [0.4, 0.5) is 10.1 Å². The van der Waals surface area contributed by atoms with Crippen LogP contribution >= 0.6 is 11.3 Å². The summed E-state index contributed by atoms with van der Waals surface area (Å²) < 4.78 is 13.2. The molecule has 2 aromatic carbocycles. The molecule has 0 radical (unpaired) electrons. The number of hydrogen-bond acceptors (Lipinski definition) is 3. The normalized spacial score (nSPS) is 17.3. The molecule has 0 saturated carbocycles. The summed E-state index contributed by atoms with van der Waals surface area (Å²) in [5.41, 5.74) is 3.21. The van der Waals surface area contributed by atoms with Gasteiger partial charge in [-0.25, -0.2) is 4.39 Å². The fourth-order valence-electron chi connectivity index (χ4n) is 2.87. The van der Waals surface area contributed by atoms with E-state index in [1.807, 2.05) is 29.3 Å². The van der Waals surface area contributed by atoms with Crippen LogP contribution in [-0.4, -0.2) is 5.71 Å². The zero-order valence-electron chi connectivity index (χ0n) is 12.4. The van der Waals surface area contributed by atoms with Crippen LogP contribution in [0.25, 0.3) is 0 Å². The van der Waals surface area contributed by atoms with E-state index >= 15 is 0 Å². The molecule has 1 aromatic heterocycles. The van der Waals surface area contributed by atoms with Gasteiger partial charge in [-0.1, -0.05) is 36.4 Å². The molecule has 3 aromatic rings. The van der Waals surface area contributed by atoms with Crippen molar-refractivity contribution in [2.24, 2.45) is 5.10 Å². The molecule has 0 aliphatic carbocycles. The molecule has 1 atom stereocenters. The lowest BCUT2D eigenvalue weighted by Gasteiger charge is -2.23. The SMILES string of the molecule is Fc1ccc(N2N=C(c3cccs3)C[C@@H]2c2ccccc2)cc1. The first-order chi connectivity index (χ1) is 11.3. The lowest BCUT2D eigenvalue weighted by Crippen LogP contribution is -2.18. The highest BCUT2D eigenvalue weighted by Crippen LogP contribution is 2.37. The molecule has 23 heavy (non-hydrogen) atoms. The van der Waals surface area contributed by atoms with Gasteiger partial charge in [0.05, 0.1) is 22.3 Å². The van der Waals surface area contributed by atoms with E-state index in [1.54, 1.807) is 23.5 Å². The van der Waals surface area contributed by atoms with Crippen LogP contribution in [0.2, 0.25) is 0 Å². The second-order valence-electron chi connectivity index (χ2n) is 5.48. The third-order valence-corrected chi connectivity index (χ3v) is 4.91. The van der Waals surface area contributed by atoms with Crippen LogP contribution in [0.1, 0.15) is 22.9 Å². The van der Waals surface area contributed by atoms with Gasteiger partial charge >= 0.3 is 0 Å². The molecule has 0 fully saturated rings. The van der Waals surface area contributed by atoms with Crippen molar-refractivity contribution in [3.05, 3.63) is 88.4 Å². The van der Waals surface area contributed by atoms with Crippen LogP contribution in [0.15, 0.2) is 77.2 Å². The molecule has 0 amide bonds. The van der Waals surface area contributed by atoms with Crippen molar-refractivity contribution in [1.82, 2.24) is 0 Å². The van der Waals surface area contributed by atoms with E-state index in [4.69, 9.17) is 5.10 Å². The first-order valence-corrected chi connectivity index (χ1v) is 8.40. The standard InChI is InChI=1S/C19H15FN2S/c20-15-8-10-16(11-9-15)22-18(14-5-2-1-3-6-14)13-17(21-22)19-7-4-12-23-19/h1-12,18H,13H2/t18-/m1/s1. The molecule has 0 saturated heterocycles. The van der Waals surface area contributed by atoms with E-state index < -0.39 is 0 Å². The van der Waals surface area contributed by atoms with E-state index in [9.17, 15) is 4.39 Å². The van der Waals surface area contributed by atoms with E-state index in [-0.39, 0.29) is 11.9 Å². The van der Waals surface area contributed by atoms with Crippen LogP contribution in [0.3, 0.4) is 0 Å². The minimum absolute atomic E-state index is 0.138. The number of rotatable bonds is 3. The van der Waals surface area contributed by atoms with Gasteiger partial charge in [-0.2, -0.15) is 5.10 Å². The number of anilines is 1. The molecule has 0 N–H and O–H groups in total. The molecule has 4 heteroatoms. The highest BCUT2D eigenvalue weighted by Gasteiger charge is 2.30. The number of hydrazone groups is 1. The summed E-state index contributed by atoms with van der Waals surface area (Å²) in [7, 11) is 0. The van der Waals surface area contributed by atoms with Gasteiger partial charge in [0.15, 0.2) is 0 Å². The Morgan fingerprint density at radius 1 is 0.957 bits per heavy atom. The Bertz CT molecular complexity index is 810. The van der Waals surface area contributed by atoms with E-state index in [0.29, 0.717) is 0 Å². The lowest BCUT2D eigenvalue weighted by atomic mass is 10.0. The van der Waals surface area contributed by atoms with Crippen molar-refractivity contribution in [2.45, 2.75) is 12.5 Å². The van der Waals surface area contributed by atoms with Gasteiger partial charge in [0.2, 0.25) is 0 Å². The second-order valence-corrected chi connectivity index (χ2v) is 6.42.